The molecule has 1 aliphatic rings. The second-order valence-electron chi connectivity index (χ2n) is 5.85. The molecular formula is C16H22Cl2N2O6P2. The Bertz CT molecular complexity index is 819. The molecule has 2 heterocycles. The van der Waals surface area contributed by atoms with E-state index in [2.05, 4.69) is 4.98 Å². The summed E-state index contributed by atoms with van der Waals surface area (Å²) < 4.78 is 21.8. The Hall–Kier alpha value is -0.950. The van der Waals surface area contributed by atoms with Gasteiger partial charge >= 0.3 is 15.2 Å². The quantitative estimate of drug-likeness (QED) is 0.474. The van der Waals surface area contributed by atoms with Gasteiger partial charge in [-0.1, -0.05) is 35.4 Å². The molecule has 1 aromatic heterocycles. The van der Waals surface area contributed by atoms with Gasteiger partial charge in [0, 0.05) is 30.4 Å². The first-order chi connectivity index (χ1) is 12.9. The van der Waals surface area contributed by atoms with Gasteiger partial charge in [0.1, 0.15) is 10.3 Å². The van der Waals surface area contributed by atoms with Gasteiger partial charge in [0.05, 0.1) is 5.66 Å². The Morgan fingerprint density at radius 2 is 1.54 bits per heavy atom. The van der Waals surface area contributed by atoms with E-state index in [0.29, 0.717) is 5.56 Å². The van der Waals surface area contributed by atoms with Gasteiger partial charge in [-0.25, -0.2) is 0 Å². The zero-order chi connectivity index (χ0) is 21.5. The number of rotatable bonds is 5. The van der Waals surface area contributed by atoms with E-state index in [-0.39, 0.29) is 10.1 Å². The topological polar surface area (TPSA) is 131 Å². The van der Waals surface area contributed by atoms with Crippen molar-refractivity contribution in [2.45, 2.75) is 31.7 Å². The molecule has 1 aliphatic heterocycles. The first-order valence-corrected chi connectivity index (χ1v) is 12.1. The number of hydrogen-bond donors (Lipinski definition) is 4. The molecule has 1 aromatic rings. The van der Waals surface area contributed by atoms with E-state index in [0.717, 1.165) is 6.42 Å². The summed E-state index contributed by atoms with van der Waals surface area (Å²) in [5.41, 5.74) is -0.287. The van der Waals surface area contributed by atoms with Crippen LogP contribution in [-0.4, -0.2) is 40.9 Å². The van der Waals surface area contributed by atoms with E-state index in [9.17, 15) is 9.13 Å². The van der Waals surface area contributed by atoms with Crippen LogP contribution in [-0.2, 0) is 9.13 Å². The van der Waals surface area contributed by atoms with Crippen molar-refractivity contribution in [3.63, 3.8) is 0 Å². The molecule has 156 valence electrons. The van der Waals surface area contributed by atoms with Gasteiger partial charge in [0.15, 0.2) is 0 Å². The van der Waals surface area contributed by atoms with Crippen LogP contribution in [0.15, 0.2) is 53.6 Å². The number of hydrogen-bond acceptors (Lipinski definition) is 4. The van der Waals surface area contributed by atoms with Gasteiger partial charge in [-0.15, -0.1) is 0 Å². The molecule has 0 saturated heterocycles. The number of pyridine rings is 1. The maximum atomic E-state index is 11.2. The largest absolute Gasteiger partial charge is 0.347 e. The van der Waals surface area contributed by atoms with E-state index >= 15 is 0 Å². The van der Waals surface area contributed by atoms with Crippen LogP contribution >= 0.6 is 38.4 Å². The smallest absolute Gasteiger partial charge is 0.340 e. The molecule has 0 radical (unpaired) electrons. The Labute approximate surface area is 173 Å². The van der Waals surface area contributed by atoms with Gasteiger partial charge in [-0.3, -0.25) is 14.1 Å². The van der Waals surface area contributed by atoms with Crippen LogP contribution in [0.5, 0.6) is 0 Å². The Balaban J connectivity index is 0.000000292. The van der Waals surface area contributed by atoms with E-state index in [1.807, 2.05) is 12.2 Å². The van der Waals surface area contributed by atoms with Crippen molar-refractivity contribution in [2.75, 3.05) is 0 Å². The molecule has 12 heteroatoms. The van der Waals surface area contributed by atoms with Crippen molar-refractivity contribution in [1.82, 2.24) is 9.88 Å². The molecule has 0 bridgehead atoms. The third-order valence-corrected chi connectivity index (χ3v) is 6.78. The zero-order valence-corrected chi connectivity index (χ0v) is 18.4. The molecule has 2 unspecified atom stereocenters. The van der Waals surface area contributed by atoms with Gasteiger partial charge in [-0.2, -0.15) is 0 Å². The van der Waals surface area contributed by atoms with Crippen LogP contribution in [0.4, 0.5) is 0 Å². The SMILES string of the molecule is CC(C(=C(Cl)Cl)c1ccncc1)P(=O)(O)O.CC(N1C=CCC=C1)P(=O)(O)O. The van der Waals surface area contributed by atoms with E-state index in [1.54, 1.807) is 24.5 Å². The Kier molecular flexibility index (Phi) is 9.60. The number of allylic oxidation sites excluding steroid dienone is 3. The third-order valence-electron chi connectivity index (χ3n) is 3.86. The maximum Gasteiger partial charge on any atom is 0.347 e. The molecule has 0 fully saturated rings. The van der Waals surface area contributed by atoms with Gasteiger partial charge in [0.2, 0.25) is 0 Å². The number of halogens is 2. The Morgan fingerprint density at radius 1 is 1.04 bits per heavy atom. The van der Waals surface area contributed by atoms with E-state index in [4.69, 9.17) is 42.8 Å². The summed E-state index contributed by atoms with van der Waals surface area (Å²) in [5, 5.41) is 0. The fraction of sp³-hybridized carbons (Fsp3) is 0.312. The van der Waals surface area contributed by atoms with Gasteiger partial charge < -0.3 is 24.5 Å². The van der Waals surface area contributed by atoms with E-state index in [1.165, 1.54) is 31.1 Å². The van der Waals surface area contributed by atoms with Crippen LogP contribution in [0.3, 0.4) is 0 Å². The van der Waals surface area contributed by atoms with Crippen molar-refractivity contribution >= 4 is 44.0 Å². The first-order valence-electron chi connectivity index (χ1n) is 8.02. The molecule has 2 atom stereocenters. The minimum atomic E-state index is -4.28. The summed E-state index contributed by atoms with van der Waals surface area (Å²) >= 11 is 11.3. The summed E-state index contributed by atoms with van der Waals surface area (Å²) in [6.45, 7) is 2.88. The lowest BCUT2D eigenvalue weighted by Crippen LogP contribution is -2.23. The molecule has 4 N–H and O–H groups in total. The highest BCUT2D eigenvalue weighted by atomic mass is 35.5. The summed E-state index contributed by atoms with van der Waals surface area (Å²) in [6, 6.07) is 3.18. The fourth-order valence-corrected chi connectivity index (χ4v) is 3.94. The van der Waals surface area contributed by atoms with Crippen LogP contribution in [0.1, 0.15) is 25.8 Å². The third kappa shape index (κ3) is 7.82. The number of aromatic nitrogens is 1. The molecule has 2 rings (SSSR count). The molecular weight excluding hydrogens is 449 g/mol. The van der Waals surface area contributed by atoms with Crippen molar-refractivity contribution in [1.29, 1.82) is 0 Å². The second kappa shape index (κ2) is 10.7. The van der Waals surface area contributed by atoms with Gasteiger partial charge in [-0.05, 0) is 38.0 Å². The highest BCUT2D eigenvalue weighted by molar-refractivity contribution is 7.53. The second-order valence-corrected chi connectivity index (χ2v) is 10.7. The van der Waals surface area contributed by atoms with E-state index < -0.39 is 26.6 Å². The van der Waals surface area contributed by atoms with Crippen molar-refractivity contribution in [3.8, 4) is 0 Å². The fourth-order valence-electron chi connectivity index (χ4n) is 2.12. The molecule has 8 nitrogen and oxygen atoms in total. The van der Waals surface area contributed by atoms with Crippen LogP contribution < -0.4 is 0 Å². The Morgan fingerprint density at radius 3 is 1.93 bits per heavy atom. The summed E-state index contributed by atoms with van der Waals surface area (Å²) in [5.74, 6) is -0.773. The lowest BCUT2D eigenvalue weighted by Gasteiger charge is -2.25. The average Bonchev–Trinajstić information content (AvgIpc) is 2.61. The molecule has 0 saturated carbocycles. The molecule has 0 amide bonds. The van der Waals surface area contributed by atoms with Crippen LogP contribution in [0.25, 0.3) is 5.57 Å². The maximum absolute atomic E-state index is 11.2. The highest BCUT2D eigenvalue weighted by Crippen LogP contribution is 2.49. The summed E-state index contributed by atoms with van der Waals surface area (Å²) in [4.78, 5) is 41.2. The van der Waals surface area contributed by atoms with Crippen molar-refractivity contribution in [2.24, 2.45) is 0 Å². The standard InChI is InChI=1S/C9H10Cl2NO3P.C7H12NO3P/c1-6(16(13,14)15)8(9(10)11)7-2-4-12-5-3-7;1-7(12(9,10)11)8-5-3-2-4-6-8/h2-6H,1H3,(H2,13,14,15);3-7H,2H2,1H3,(H2,9,10,11). The molecule has 0 spiro atoms. The summed E-state index contributed by atoms with van der Waals surface area (Å²) in [6.07, 6.45) is 10.9. The lowest BCUT2D eigenvalue weighted by molar-refractivity contribution is 0.320. The first kappa shape index (κ1) is 25.1. The molecule has 28 heavy (non-hydrogen) atoms. The van der Waals surface area contributed by atoms with Crippen molar-refractivity contribution < 1.29 is 28.7 Å². The minimum absolute atomic E-state index is 0.151. The monoisotopic (exact) mass is 470 g/mol. The number of nitrogens with zero attached hydrogens (tertiary/aromatic N) is 2. The van der Waals surface area contributed by atoms with Gasteiger partial charge in [0.25, 0.3) is 0 Å². The average molecular weight is 471 g/mol. The normalized spacial score (nSPS) is 16.1. The predicted molar refractivity (Wildman–Crippen MR) is 111 cm³/mol. The lowest BCUT2D eigenvalue weighted by atomic mass is 10.1. The van der Waals surface area contributed by atoms with Crippen LogP contribution in [0, 0.1) is 0 Å². The van der Waals surface area contributed by atoms with Crippen LogP contribution in [0.2, 0.25) is 0 Å². The zero-order valence-electron chi connectivity index (χ0n) is 15.1. The highest BCUT2D eigenvalue weighted by Gasteiger charge is 2.30. The molecule has 0 aliphatic carbocycles. The molecule has 0 aromatic carbocycles. The minimum Gasteiger partial charge on any atom is -0.340 e. The summed E-state index contributed by atoms with van der Waals surface area (Å²) in [7, 11) is -8.28. The van der Waals surface area contributed by atoms with Crippen molar-refractivity contribution in [3.05, 3.63) is 59.1 Å². The predicted octanol–water partition coefficient (Wildman–Crippen LogP) is 4.04.